The van der Waals surface area contributed by atoms with E-state index >= 15 is 0 Å². The molecule has 110 valence electrons. The highest BCUT2D eigenvalue weighted by atomic mass is 16.5. The Morgan fingerprint density at radius 1 is 1.45 bits per heavy atom. The number of ether oxygens (including phenoxy) is 1. The topological polar surface area (TPSA) is 67.6 Å². The molecule has 1 amide bonds. The van der Waals surface area contributed by atoms with Crippen LogP contribution in [0.15, 0.2) is 18.2 Å². The van der Waals surface area contributed by atoms with Crippen LogP contribution in [0.3, 0.4) is 0 Å². The fourth-order valence-electron chi connectivity index (χ4n) is 2.39. The number of rotatable bonds is 4. The van der Waals surface area contributed by atoms with Crippen molar-refractivity contribution >= 4 is 17.3 Å². The molecular weight excluding hydrogens is 254 g/mol. The molecule has 3 N–H and O–H groups in total. The average Bonchev–Trinajstić information content (AvgIpc) is 2.43. The summed E-state index contributed by atoms with van der Waals surface area (Å²) in [5, 5.41) is 2.86. The van der Waals surface area contributed by atoms with Crippen molar-refractivity contribution in [1.82, 2.24) is 4.90 Å². The van der Waals surface area contributed by atoms with Crippen molar-refractivity contribution in [3.8, 4) is 5.75 Å². The Balaban J connectivity index is 1.88. The Hall–Kier alpha value is -1.75. The van der Waals surface area contributed by atoms with Crippen LogP contribution in [0.1, 0.15) is 19.8 Å². The summed E-state index contributed by atoms with van der Waals surface area (Å²) < 4.78 is 5.09. The van der Waals surface area contributed by atoms with Gasteiger partial charge in [0, 0.05) is 6.07 Å². The summed E-state index contributed by atoms with van der Waals surface area (Å²) in [7, 11) is 1.59. The quantitative estimate of drug-likeness (QED) is 0.825. The van der Waals surface area contributed by atoms with Gasteiger partial charge >= 0.3 is 0 Å². The highest BCUT2D eigenvalue weighted by Gasteiger charge is 2.18. The zero-order valence-corrected chi connectivity index (χ0v) is 12.2. The number of nitrogens with one attached hydrogen (secondary N) is 1. The second-order valence-corrected chi connectivity index (χ2v) is 5.46. The number of carbonyl (C=O) groups excluding carboxylic acids is 1. The minimum Gasteiger partial charge on any atom is -0.497 e. The van der Waals surface area contributed by atoms with Crippen LogP contribution in [0, 0.1) is 5.92 Å². The molecule has 1 fully saturated rings. The molecule has 0 radical (unpaired) electrons. The van der Waals surface area contributed by atoms with Crippen molar-refractivity contribution in [1.29, 1.82) is 0 Å². The Bertz CT molecular complexity index is 468. The summed E-state index contributed by atoms with van der Waals surface area (Å²) in [5.41, 5.74) is 7.05. The van der Waals surface area contributed by atoms with E-state index in [9.17, 15) is 4.79 Å². The fourth-order valence-corrected chi connectivity index (χ4v) is 2.39. The second kappa shape index (κ2) is 6.61. The van der Waals surface area contributed by atoms with Crippen LogP contribution < -0.4 is 15.8 Å². The number of nitrogen functional groups attached to an aromatic ring is 1. The molecule has 0 saturated carbocycles. The lowest BCUT2D eigenvalue weighted by molar-refractivity contribution is -0.117. The number of nitrogens with two attached hydrogens (primary N) is 1. The molecule has 0 atom stereocenters. The predicted molar refractivity (Wildman–Crippen MR) is 80.9 cm³/mol. The molecule has 0 spiro atoms. The molecule has 0 bridgehead atoms. The first-order valence-electron chi connectivity index (χ1n) is 7.04. The second-order valence-electron chi connectivity index (χ2n) is 5.46. The van der Waals surface area contributed by atoms with E-state index in [4.69, 9.17) is 10.5 Å². The normalized spacial score (nSPS) is 16.9. The van der Waals surface area contributed by atoms with Crippen LogP contribution >= 0.6 is 0 Å². The number of nitrogens with zero attached hydrogens (tertiary/aromatic N) is 1. The van der Waals surface area contributed by atoms with Gasteiger partial charge < -0.3 is 15.8 Å². The summed E-state index contributed by atoms with van der Waals surface area (Å²) in [6.07, 6.45) is 2.33. The Morgan fingerprint density at radius 3 is 2.75 bits per heavy atom. The van der Waals surface area contributed by atoms with Crippen LogP contribution in [-0.2, 0) is 4.79 Å². The van der Waals surface area contributed by atoms with Crippen molar-refractivity contribution in [3.05, 3.63) is 18.2 Å². The van der Waals surface area contributed by atoms with Gasteiger partial charge in [-0.25, -0.2) is 0 Å². The Kier molecular flexibility index (Phi) is 4.84. The SMILES string of the molecule is COc1ccc(NC(=O)CN2CCC(C)CC2)c(N)c1. The number of hydrogen-bond acceptors (Lipinski definition) is 4. The average molecular weight is 277 g/mol. The highest BCUT2D eigenvalue weighted by molar-refractivity contribution is 5.95. The minimum absolute atomic E-state index is 0.0172. The smallest absolute Gasteiger partial charge is 0.238 e. The van der Waals surface area contributed by atoms with Gasteiger partial charge in [-0.1, -0.05) is 6.92 Å². The maximum atomic E-state index is 12.0. The standard InChI is InChI=1S/C15H23N3O2/c1-11-5-7-18(8-6-11)10-15(19)17-14-4-3-12(20-2)9-13(14)16/h3-4,9,11H,5-8,10,16H2,1-2H3,(H,17,19). The van der Waals surface area contributed by atoms with Gasteiger partial charge in [0.2, 0.25) is 5.91 Å². The Labute approximate surface area is 120 Å². The number of piperidine rings is 1. The zero-order valence-electron chi connectivity index (χ0n) is 12.2. The van der Waals surface area contributed by atoms with Gasteiger partial charge in [0.05, 0.1) is 25.0 Å². The first-order chi connectivity index (χ1) is 9.58. The molecule has 1 aromatic carbocycles. The molecule has 20 heavy (non-hydrogen) atoms. The van der Waals surface area contributed by atoms with Gasteiger partial charge in [-0.05, 0) is 44.0 Å². The van der Waals surface area contributed by atoms with Crippen molar-refractivity contribution in [2.24, 2.45) is 5.92 Å². The molecule has 2 rings (SSSR count). The number of methoxy groups -OCH3 is 1. The Morgan fingerprint density at radius 2 is 2.15 bits per heavy atom. The molecule has 0 unspecified atom stereocenters. The van der Waals surface area contributed by atoms with E-state index in [1.54, 1.807) is 25.3 Å². The predicted octanol–water partition coefficient (Wildman–Crippen LogP) is 1.95. The van der Waals surface area contributed by atoms with Crippen molar-refractivity contribution < 1.29 is 9.53 Å². The van der Waals surface area contributed by atoms with Gasteiger partial charge in [0.25, 0.3) is 0 Å². The molecule has 1 aliphatic rings. The third kappa shape index (κ3) is 3.87. The lowest BCUT2D eigenvalue weighted by Gasteiger charge is -2.29. The lowest BCUT2D eigenvalue weighted by Crippen LogP contribution is -2.38. The van der Waals surface area contributed by atoms with E-state index in [2.05, 4.69) is 17.1 Å². The number of anilines is 2. The van der Waals surface area contributed by atoms with Crippen molar-refractivity contribution in [2.75, 3.05) is 37.8 Å². The monoisotopic (exact) mass is 277 g/mol. The summed E-state index contributed by atoms with van der Waals surface area (Å²) >= 11 is 0. The molecule has 1 aromatic rings. The van der Waals surface area contributed by atoms with Crippen LogP contribution in [0.2, 0.25) is 0 Å². The van der Waals surface area contributed by atoms with Gasteiger partial charge in [-0.2, -0.15) is 0 Å². The number of likely N-dealkylation sites (tertiary alicyclic amines) is 1. The number of carbonyl (C=O) groups is 1. The van der Waals surface area contributed by atoms with Crippen molar-refractivity contribution in [2.45, 2.75) is 19.8 Å². The third-order valence-electron chi connectivity index (χ3n) is 3.78. The van der Waals surface area contributed by atoms with Crippen LogP contribution in [0.4, 0.5) is 11.4 Å². The largest absolute Gasteiger partial charge is 0.497 e. The maximum Gasteiger partial charge on any atom is 0.238 e. The molecule has 0 aromatic heterocycles. The van der Waals surface area contributed by atoms with Crippen LogP contribution in [0.25, 0.3) is 0 Å². The van der Waals surface area contributed by atoms with E-state index in [1.807, 2.05) is 0 Å². The van der Waals surface area contributed by atoms with E-state index in [1.165, 1.54) is 0 Å². The van der Waals surface area contributed by atoms with Gasteiger partial charge in [-0.15, -0.1) is 0 Å². The summed E-state index contributed by atoms with van der Waals surface area (Å²) in [5.74, 6) is 1.44. The molecule has 1 heterocycles. The summed E-state index contributed by atoms with van der Waals surface area (Å²) in [4.78, 5) is 14.2. The van der Waals surface area contributed by atoms with E-state index in [0.717, 1.165) is 31.8 Å². The van der Waals surface area contributed by atoms with Gasteiger partial charge in [0.15, 0.2) is 0 Å². The molecule has 0 aliphatic carbocycles. The summed E-state index contributed by atoms with van der Waals surface area (Å²) in [6, 6.07) is 5.26. The van der Waals surface area contributed by atoms with E-state index < -0.39 is 0 Å². The van der Waals surface area contributed by atoms with Crippen LogP contribution in [-0.4, -0.2) is 37.6 Å². The van der Waals surface area contributed by atoms with Gasteiger partial charge in [0.1, 0.15) is 5.75 Å². The van der Waals surface area contributed by atoms with E-state index in [-0.39, 0.29) is 5.91 Å². The van der Waals surface area contributed by atoms with E-state index in [0.29, 0.717) is 23.7 Å². The minimum atomic E-state index is -0.0172. The molecular formula is C15H23N3O2. The number of benzene rings is 1. The first kappa shape index (κ1) is 14.7. The number of amides is 1. The van der Waals surface area contributed by atoms with Crippen molar-refractivity contribution in [3.63, 3.8) is 0 Å². The maximum absolute atomic E-state index is 12.0. The molecule has 5 heteroatoms. The first-order valence-corrected chi connectivity index (χ1v) is 7.04. The van der Waals surface area contributed by atoms with Crippen LogP contribution in [0.5, 0.6) is 5.75 Å². The molecule has 1 saturated heterocycles. The lowest BCUT2D eigenvalue weighted by atomic mass is 9.99. The molecule has 5 nitrogen and oxygen atoms in total. The zero-order chi connectivity index (χ0) is 14.5. The fraction of sp³-hybridized carbons (Fsp3) is 0.533. The highest BCUT2D eigenvalue weighted by Crippen LogP contribution is 2.24. The third-order valence-corrected chi connectivity index (χ3v) is 3.78. The number of hydrogen-bond donors (Lipinski definition) is 2. The molecule has 1 aliphatic heterocycles. The van der Waals surface area contributed by atoms with Gasteiger partial charge in [-0.3, -0.25) is 9.69 Å². The summed E-state index contributed by atoms with van der Waals surface area (Å²) in [6.45, 7) is 4.67.